The zero-order valence-electron chi connectivity index (χ0n) is 8.96. The first-order valence-corrected chi connectivity index (χ1v) is 7.11. The fourth-order valence-corrected chi connectivity index (χ4v) is 2.86. The minimum Gasteiger partial charge on any atom is -0.248 e. The molecule has 1 aromatic heterocycles. The maximum atomic E-state index is 13.7. The molecule has 0 saturated carbocycles. The van der Waals surface area contributed by atoms with Gasteiger partial charge in [0.2, 0.25) is 0 Å². The average molecular weight is 351 g/mol. The van der Waals surface area contributed by atoms with E-state index in [2.05, 4.69) is 20.9 Å². The second kappa shape index (κ2) is 5.99. The fourth-order valence-electron chi connectivity index (χ4n) is 1.32. The zero-order chi connectivity index (χ0) is 13.1. The van der Waals surface area contributed by atoms with Crippen LogP contribution < -0.4 is 0 Å². The summed E-state index contributed by atoms with van der Waals surface area (Å²) in [7, 11) is 0. The number of thioether (sulfide) groups is 1. The molecule has 0 aliphatic rings. The van der Waals surface area contributed by atoms with Gasteiger partial charge in [0.1, 0.15) is 16.7 Å². The third kappa shape index (κ3) is 3.02. The predicted octanol–water partition coefficient (Wildman–Crippen LogP) is 5.07. The maximum absolute atomic E-state index is 13.7. The summed E-state index contributed by atoms with van der Waals surface area (Å²) >= 11 is 10.1. The molecule has 6 heteroatoms. The summed E-state index contributed by atoms with van der Waals surface area (Å²) in [5.74, 6) is -1.03. The topological polar surface area (TPSA) is 12.9 Å². The van der Waals surface area contributed by atoms with Gasteiger partial charge in [-0.1, -0.05) is 23.4 Å². The van der Waals surface area contributed by atoms with E-state index >= 15 is 0 Å². The minimum atomic E-state index is -0.588. The lowest BCUT2D eigenvalue weighted by atomic mass is 10.2. The lowest BCUT2D eigenvalue weighted by molar-refractivity contribution is 0.562. The van der Waals surface area contributed by atoms with Gasteiger partial charge in [0, 0.05) is 17.5 Å². The summed E-state index contributed by atoms with van der Waals surface area (Å²) in [4.78, 5) is 4.05. The van der Waals surface area contributed by atoms with Gasteiger partial charge in [-0.25, -0.2) is 13.8 Å². The Bertz CT molecular complexity index is 580. The fraction of sp³-hybridized carbons (Fsp3) is 0.0833. The van der Waals surface area contributed by atoms with Crippen molar-refractivity contribution in [3.05, 3.63) is 57.2 Å². The van der Waals surface area contributed by atoms with Crippen LogP contribution in [-0.2, 0) is 5.75 Å². The van der Waals surface area contributed by atoms with Gasteiger partial charge in [-0.3, -0.25) is 0 Å². The molecule has 94 valence electrons. The molecular weight excluding hydrogens is 344 g/mol. The number of pyridine rings is 1. The first-order valence-electron chi connectivity index (χ1n) is 4.95. The van der Waals surface area contributed by atoms with Crippen molar-refractivity contribution < 1.29 is 8.78 Å². The number of halogens is 4. The maximum Gasteiger partial charge on any atom is 0.144 e. The van der Waals surface area contributed by atoms with Gasteiger partial charge in [0.25, 0.3) is 0 Å². The van der Waals surface area contributed by atoms with E-state index in [0.717, 1.165) is 0 Å². The van der Waals surface area contributed by atoms with E-state index in [9.17, 15) is 8.78 Å². The number of hydrogen-bond acceptors (Lipinski definition) is 2. The molecule has 2 aromatic rings. The largest absolute Gasteiger partial charge is 0.248 e. The van der Waals surface area contributed by atoms with Crippen LogP contribution in [0.4, 0.5) is 8.78 Å². The monoisotopic (exact) mass is 349 g/mol. The molecule has 1 heterocycles. The quantitative estimate of drug-likeness (QED) is 0.566. The Kier molecular flexibility index (Phi) is 4.59. The van der Waals surface area contributed by atoms with E-state index in [1.807, 2.05) is 0 Å². The lowest BCUT2D eigenvalue weighted by Crippen LogP contribution is -1.95. The Balaban J connectivity index is 2.21. The van der Waals surface area contributed by atoms with Crippen molar-refractivity contribution in [2.75, 3.05) is 0 Å². The van der Waals surface area contributed by atoms with Gasteiger partial charge in [-0.15, -0.1) is 0 Å². The molecule has 0 saturated heterocycles. The highest BCUT2D eigenvalue weighted by molar-refractivity contribution is 9.10. The third-order valence-corrected chi connectivity index (χ3v) is 4.28. The molecule has 0 spiro atoms. The first-order chi connectivity index (χ1) is 8.59. The second-order valence-electron chi connectivity index (χ2n) is 3.40. The van der Waals surface area contributed by atoms with E-state index in [-0.39, 0.29) is 15.8 Å². The number of rotatable bonds is 3. The van der Waals surface area contributed by atoms with Gasteiger partial charge in [-0.05, 0) is 40.2 Å². The van der Waals surface area contributed by atoms with Crippen molar-refractivity contribution in [3.8, 4) is 0 Å². The summed E-state index contributed by atoms with van der Waals surface area (Å²) < 4.78 is 27.5. The Labute approximate surface area is 121 Å². The Morgan fingerprint density at radius 3 is 2.78 bits per heavy atom. The van der Waals surface area contributed by atoms with Gasteiger partial charge in [0.15, 0.2) is 0 Å². The van der Waals surface area contributed by atoms with Crippen LogP contribution in [0.2, 0.25) is 5.02 Å². The van der Waals surface area contributed by atoms with Crippen LogP contribution in [0.3, 0.4) is 0 Å². The molecule has 1 nitrogen and oxygen atoms in total. The van der Waals surface area contributed by atoms with Crippen LogP contribution in [0.5, 0.6) is 0 Å². The average Bonchev–Trinajstić information content (AvgIpc) is 2.36. The van der Waals surface area contributed by atoms with Crippen molar-refractivity contribution in [3.63, 3.8) is 0 Å². The molecule has 2 rings (SSSR count). The van der Waals surface area contributed by atoms with Gasteiger partial charge in [-0.2, -0.15) is 0 Å². The second-order valence-corrected chi connectivity index (χ2v) is 5.63. The van der Waals surface area contributed by atoms with Gasteiger partial charge < -0.3 is 0 Å². The van der Waals surface area contributed by atoms with Crippen LogP contribution in [0, 0.1) is 11.6 Å². The minimum absolute atomic E-state index is 0.0103. The summed E-state index contributed by atoms with van der Waals surface area (Å²) in [6, 6.07) is 5.95. The van der Waals surface area contributed by atoms with Gasteiger partial charge in [0.05, 0.1) is 9.50 Å². The van der Waals surface area contributed by atoms with Gasteiger partial charge >= 0.3 is 0 Å². The number of benzene rings is 1. The number of hydrogen-bond donors (Lipinski definition) is 0. The van der Waals surface area contributed by atoms with Crippen LogP contribution >= 0.6 is 39.3 Å². The van der Waals surface area contributed by atoms with Crippen molar-refractivity contribution in [2.45, 2.75) is 10.8 Å². The standard InChI is InChI=1S/C12H7BrClF2NS/c13-8-3-4-10(15)7(11(8)16)6-18-12-9(14)2-1-5-17-12/h1-5H,6H2. The smallest absolute Gasteiger partial charge is 0.144 e. The highest BCUT2D eigenvalue weighted by Gasteiger charge is 2.13. The summed E-state index contributed by atoms with van der Waals surface area (Å²) in [5.41, 5.74) is 0.0103. The van der Waals surface area contributed by atoms with E-state index in [4.69, 9.17) is 11.6 Å². The summed E-state index contributed by atoms with van der Waals surface area (Å²) in [5, 5.41) is 1.02. The molecule has 0 bridgehead atoms. The van der Waals surface area contributed by atoms with Crippen molar-refractivity contribution in [2.24, 2.45) is 0 Å². The zero-order valence-corrected chi connectivity index (χ0v) is 12.1. The molecule has 18 heavy (non-hydrogen) atoms. The Morgan fingerprint density at radius 2 is 2.06 bits per heavy atom. The molecule has 0 fully saturated rings. The number of aromatic nitrogens is 1. The molecule has 0 radical (unpaired) electrons. The predicted molar refractivity (Wildman–Crippen MR) is 72.9 cm³/mol. The van der Waals surface area contributed by atoms with E-state index in [1.165, 1.54) is 23.9 Å². The van der Waals surface area contributed by atoms with Crippen LogP contribution in [0.25, 0.3) is 0 Å². The summed E-state index contributed by atoms with van der Waals surface area (Å²) in [6.07, 6.45) is 1.59. The molecule has 0 N–H and O–H groups in total. The van der Waals surface area contributed by atoms with Crippen molar-refractivity contribution in [1.82, 2.24) is 4.98 Å². The molecular formula is C12H7BrClF2NS. The third-order valence-electron chi connectivity index (χ3n) is 2.22. The van der Waals surface area contributed by atoms with E-state index in [0.29, 0.717) is 10.0 Å². The van der Waals surface area contributed by atoms with Crippen LogP contribution in [-0.4, -0.2) is 4.98 Å². The normalized spacial score (nSPS) is 10.7. The molecule has 0 aliphatic carbocycles. The van der Waals surface area contributed by atoms with Crippen molar-refractivity contribution >= 4 is 39.3 Å². The molecule has 0 amide bonds. The molecule has 0 aliphatic heterocycles. The Hall–Kier alpha value is -0.650. The highest BCUT2D eigenvalue weighted by atomic mass is 79.9. The SMILES string of the molecule is Fc1ccc(Br)c(F)c1CSc1ncccc1Cl. The van der Waals surface area contributed by atoms with Crippen LogP contribution in [0.15, 0.2) is 40.0 Å². The summed E-state index contributed by atoms with van der Waals surface area (Å²) in [6.45, 7) is 0. The Morgan fingerprint density at radius 1 is 1.28 bits per heavy atom. The molecule has 0 atom stereocenters. The van der Waals surface area contributed by atoms with E-state index < -0.39 is 11.6 Å². The van der Waals surface area contributed by atoms with Crippen LogP contribution in [0.1, 0.15) is 5.56 Å². The molecule has 1 aromatic carbocycles. The van der Waals surface area contributed by atoms with Crippen molar-refractivity contribution in [1.29, 1.82) is 0 Å². The highest BCUT2D eigenvalue weighted by Crippen LogP contribution is 2.30. The van der Waals surface area contributed by atoms with E-state index in [1.54, 1.807) is 18.3 Å². The molecule has 0 unspecified atom stereocenters. The first kappa shape index (κ1) is 13.8. The lowest BCUT2D eigenvalue weighted by Gasteiger charge is -2.06. The number of nitrogens with zero attached hydrogens (tertiary/aromatic N) is 1.